The van der Waals surface area contributed by atoms with Crippen molar-refractivity contribution in [2.75, 3.05) is 14.2 Å². The normalized spacial score (nSPS) is 12.5. The molecule has 0 bridgehead atoms. The number of halogens is 1. The van der Waals surface area contributed by atoms with Crippen molar-refractivity contribution in [1.29, 1.82) is 0 Å². The maximum atomic E-state index is 13.4. The molecule has 1 aromatic rings. The predicted molar refractivity (Wildman–Crippen MR) is 78.3 cm³/mol. The Bertz CT molecular complexity index is 543. The van der Waals surface area contributed by atoms with Crippen molar-refractivity contribution in [2.24, 2.45) is 0 Å². The number of hydroxylamine groups is 2. The Morgan fingerprint density at radius 1 is 1.32 bits per heavy atom. The summed E-state index contributed by atoms with van der Waals surface area (Å²) in [5, 5.41) is 3.38. The summed E-state index contributed by atoms with van der Waals surface area (Å²) < 4.78 is 18.5. The molecule has 0 fully saturated rings. The van der Waals surface area contributed by atoms with E-state index in [1.54, 1.807) is 20.8 Å². The van der Waals surface area contributed by atoms with Crippen LogP contribution in [0.25, 0.3) is 0 Å². The number of alkyl carbamates (subject to hydrolysis) is 1. The standard InChI is InChI=1S/C15H21FN2O4/c1-15(2,3)22-14(20)17-12(13(19)18(4)21-5)10-7-6-8-11(16)9-10/h6-9,12H,1-5H3,(H,17,20). The number of benzene rings is 1. The third-order valence-electron chi connectivity index (χ3n) is 2.67. The molecule has 0 spiro atoms. The molecule has 1 rings (SSSR count). The lowest BCUT2D eigenvalue weighted by atomic mass is 10.1. The number of nitrogens with one attached hydrogen (secondary N) is 1. The molecule has 0 heterocycles. The Hall–Kier alpha value is -2.15. The molecule has 0 radical (unpaired) electrons. The number of ether oxygens (including phenoxy) is 1. The van der Waals surface area contributed by atoms with Gasteiger partial charge < -0.3 is 10.1 Å². The lowest BCUT2D eigenvalue weighted by molar-refractivity contribution is -0.171. The van der Waals surface area contributed by atoms with Crippen molar-refractivity contribution in [3.63, 3.8) is 0 Å². The van der Waals surface area contributed by atoms with Gasteiger partial charge in [-0.1, -0.05) is 12.1 Å². The maximum absolute atomic E-state index is 13.4. The molecule has 7 heteroatoms. The van der Waals surface area contributed by atoms with Crippen LogP contribution in [-0.4, -0.2) is 36.8 Å². The molecule has 1 atom stereocenters. The van der Waals surface area contributed by atoms with Crippen LogP contribution >= 0.6 is 0 Å². The predicted octanol–water partition coefficient (Wildman–Crippen LogP) is 2.41. The minimum absolute atomic E-state index is 0.291. The Balaban J connectivity index is 3.02. The first-order chi connectivity index (χ1) is 10.1. The summed E-state index contributed by atoms with van der Waals surface area (Å²) in [5.74, 6) is -1.07. The van der Waals surface area contributed by atoms with Crippen molar-refractivity contribution in [2.45, 2.75) is 32.4 Å². The van der Waals surface area contributed by atoms with Crippen LogP contribution in [0.3, 0.4) is 0 Å². The van der Waals surface area contributed by atoms with E-state index in [-0.39, 0.29) is 0 Å². The van der Waals surface area contributed by atoms with Crippen molar-refractivity contribution in [3.8, 4) is 0 Å². The highest BCUT2D eigenvalue weighted by Gasteiger charge is 2.28. The quantitative estimate of drug-likeness (QED) is 0.867. The Morgan fingerprint density at radius 3 is 2.45 bits per heavy atom. The van der Waals surface area contributed by atoms with Gasteiger partial charge in [0.25, 0.3) is 5.91 Å². The van der Waals surface area contributed by atoms with E-state index in [0.717, 1.165) is 5.06 Å². The molecular weight excluding hydrogens is 291 g/mol. The van der Waals surface area contributed by atoms with E-state index in [4.69, 9.17) is 9.57 Å². The van der Waals surface area contributed by atoms with E-state index in [1.165, 1.54) is 38.4 Å². The fraction of sp³-hybridized carbons (Fsp3) is 0.467. The molecule has 1 unspecified atom stereocenters. The molecule has 0 aliphatic heterocycles. The first-order valence-electron chi connectivity index (χ1n) is 6.70. The fourth-order valence-corrected chi connectivity index (χ4v) is 1.67. The fourth-order valence-electron chi connectivity index (χ4n) is 1.67. The molecule has 0 saturated heterocycles. The van der Waals surface area contributed by atoms with Crippen LogP contribution in [0.5, 0.6) is 0 Å². The van der Waals surface area contributed by atoms with Crippen LogP contribution in [0.1, 0.15) is 32.4 Å². The van der Waals surface area contributed by atoms with Crippen molar-refractivity contribution >= 4 is 12.0 Å². The number of hydrogen-bond donors (Lipinski definition) is 1. The summed E-state index contributed by atoms with van der Waals surface area (Å²) >= 11 is 0. The van der Waals surface area contributed by atoms with Crippen LogP contribution < -0.4 is 5.32 Å². The van der Waals surface area contributed by atoms with Gasteiger partial charge in [0.2, 0.25) is 0 Å². The SMILES string of the molecule is CON(C)C(=O)C(NC(=O)OC(C)(C)C)c1cccc(F)c1. The highest BCUT2D eigenvalue weighted by molar-refractivity contribution is 5.86. The van der Waals surface area contributed by atoms with E-state index in [9.17, 15) is 14.0 Å². The molecule has 0 saturated carbocycles. The first kappa shape index (κ1) is 17.9. The van der Waals surface area contributed by atoms with E-state index in [0.29, 0.717) is 5.56 Å². The van der Waals surface area contributed by atoms with Crippen LogP contribution in [-0.2, 0) is 14.4 Å². The lowest BCUT2D eigenvalue weighted by Gasteiger charge is -2.25. The van der Waals surface area contributed by atoms with E-state index in [1.807, 2.05) is 0 Å². The van der Waals surface area contributed by atoms with Gasteiger partial charge in [-0.3, -0.25) is 9.63 Å². The van der Waals surface area contributed by atoms with Crippen molar-refractivity contribution < 1.29 is 23.6 Å². The van der Waals surface area contributed by atoms with Crippen LogP contribution in [0.4, 0.5) is 9.18 Å². The van der Waals surface area contributed by atoms with Crippen molar-refractivity contribution in [3.05, 3.63) is 35.6 Å². The molecule has 122 valence electrons. The number of carbonyl (C=O) groups is 2. The highest BCUT2D eigenvalue weighted by Crippen LogP contribution is 2.18. The van der Waals surface area contributed by atoms with Gasteiger partial charge in [-0.15, -0.1) is 0 Å². The summed E-state index contributed by atoms with van der Waals surface area (Å²) in [5.41, 5.74) is -0.424. The number of amides is 2. The summed E-state index contributed by atoms with van der Waals surface area (Å²) in [7, 11) is 2.71. The number of carbonyl (C=O) groups excluding carboxylic acids is 2. The molecule has 22 heavy (non-hydrogen) atoms. The van der Waals surface area contributed by atoms with Gasteiger partial charge >= 0.3 is 6.09 Å². The average molecular weight is 312 g/mol. The second-order valence-corrected chi connectivity index (χ2v) is 5.65. The minimum Gasteiger partial charge on any atom is -0.444 e. The van der Waals surface area contributed by atoms with E-state index >= 15 is 0 Å². The molecule has 6 nitrogen and oxygen atoms in total. The van der Waals surface area contributed by atoms with E-state index in [2.05, 4.69) is 5.32 Å². The second-order valence-electron chi connectivity index (χ2n) is 5.65. The maximum Gasteiger partial charge on any atom is 0.408 e. The zero-order chi connectivity index (χ0) is 16.9. The highest BCUT2D eigenvalue weighted by atomic mass is 19.1. The molecule has 2 amide bonds. The summed E-state index contributed by atoms with van der Waals surface area (Å²) in [6.45, 7) is 5.10. The molecule has 0 aliphatic carbocycles. The summed E-state index contributed by atoms with van der Waals surface area (Å²) in [4.78, 5) is 29.0. The van der Waals surface area contributed by atoms with Crippen LogP contribution in [0.15, 0.2) is 24.3 Å². The van der Waals surface area contributed by atoms with Gasteiger partial charge in [0.15, 0.2) is 0 Å². The van der Waals surface area contributed by atoms with Crippen LogP contribution in [0.2, 0.25) is 0 Å². The summed E-state index contributed by atoms with van der Waals surface area (Å²) in [6, 6.07) is 4.29. The summed E-state index contributed by atoms with van der Waals surface area (Å²) in [6.07, 6.45) is -0.778. The van der Waals surface area contributed by atoms with Gasteiger partial charge in [-0.05, 0) is 38.5 Å². The molecular formula is C15H21FN2O4. The van der Waals surface area contributed by atoms with Crippen LogP contribution in [0, 0.1) is 5.82 Å². The Labute approximate surface area is 129 Å². The zero-order valence-electron chi connectivity index (χ0n) is 13.3. The van der Waals surface area contributed by atoms with Gasteiger partial charge in [0.05, 0.1) is 7.11 Å². The van der Waals surface area contributed by atoms with Gasteiger partial charge in [0, 0.05) is 7.05 Å². The number of rotatable bonds is 4. The smallest absolute Gasteiger partial charge is 0.408 e. The number of hydrogen-bond acceptors (Lipinski definition) is 4. The van der Waals surface area contributed by atoms with E-state index < -0.39 is 29.5 Å². The molecule has 1 aromatic carbocycles. The number of likely N-dealkylation sites (N-methyl/N-ethyl adjacent to an activating group) is 1. The second kappa shape index (κ2) is 7.22. The first-order valence-corrected chi connectivity index (χ1v) is 6.70. The van der Waals surface area contributed by atoms with Crippen molar-refractivity contribution in [1.82, 2.24) is 10.4 Å². The minimum atomic E-state index is -1.12. The average Bonchev–Trinajstić information content (AvgIpc) is 2.41. The monoisotopic (exact) mass is 312 g/mol. The third-order valence-corrected chi connectivity index (χ3v) is 2.67. The van der Waals surface area contributed by atoms with Gasteiger partial charge in [-0.2, -0.15) is 0 Å². The van der Waals surface area contributed by atoms with Gasteiger partial charge in [0.1, 0.15) is 17.5 Å². The number of nitrogens with zero attached hydrogens (tertiary/aromatic N) is 1. The Kier molecular flexibility index (Phi) is 5.87. The molecule has 0 aliphatic rings. The molecule has 0 aromatic heterocycles. The zero-order valence-corrected chi connectivity index (χ0v) is 13.3. The largest absolute Gasteiger partial charge is 0.444 e. The lowest BCUT2D eigenvalue weighted by Crippen LogP contribution is -2.42. The Morgan fingerprint density at radius 2 is 1.95 bits per heavy atom. The topological polar surface area (TPSA) is 67.9 Å². The van der Waals surface area contributed by atoms with Gasteiger partial charge in [-0.25, -0.2) is 14.2 Å². The third kappa shape index (κ3) is 5.33. The molecule has 1 N–H and O–H groups in total.